The molecule has 0 bridgehead atoms. The van der Waals surface area contributed by atoms with Crippen LogP contribution >= 0.6 is 0 Å². The zero-order valence-corrected chi connectivity index (χ0v) is 8.56. The molecule has 3 nitrogen and oxygen atoms in total. The molecule has 0 spiro atoms. The Morgan fingerprint density at radius 2 is 2.23 bits per heavy atom. The molecule has 0 amide bonds. The van der Waals surface area contributed by atoms with E-state index in [1.54, 1.807) is 12.1 Å². The fraction of sp³-hybridized carbons (Fsp3) is 0.333. The van der Waals surface area contributed by atoms with Crippen molar-refractivity contribution in [1.82, 2.24) is 0 Å². The summed E-state index contributed by atoms with van der Waals surface area (Å²) in [5, 5.41) is 0. The fourth-order valence-corrected chi connectivity index (χ4v) is 1.84. The number of hydrogen-bond donors (Lipinski definition) is 1. The molecule has 72 valence electrons. The van der Waals surface area contributed by atoms with Crippen molar-refractivity contribution in [1.29, 1.82) is 0 Å². The molecule has 1 aromatic carbocycles. The van der Waals surface area contributed by atoms with E-state index in [9.17, 15) is 4.21 Å². The van der Waals surface area contributed by atoms with Gasteiger partial charge in [0.1, 0.15) is 5.94 Å². The maximum absolute atomic E-state index is 11.5. The van der Waals surface area contributed by atoms with Crippen LogP contribution in [0.4, 0.5) is 5.69 Å². The van der Waals surface area contributed by atoms with Crippen LogP contribution in [0.3, 0.4) is 0 Å². The summed E-state index contributed by atoms with van der Waals surface area (Å²) in [7, 11) is 0.450. The molecule has 0 saturated carbocycles. The van der Waals surface area contributed by atoms with E-state index in [-0.39, 0.29) is 5.94 Å². The van der Waals surface area contributed by atoms with Gasteiger partial charge in [0, 0.05) is 17.7 Å². The Bertz CT molecular complexity index is 325. The summed E-state index contributed by atoms with van der Waals surface area (Å²) >= 11 is 0. The van der Waals surface area contributed by atoms with Crippen LogP contribution in [0.1, 0.15) is 5.56 Å². The lowest BCUT2D eigenvalue weighted by molar-refractivity contribution is 0.254. The van der Waals surface area contributed by atoms with Gasteiger partial charge in [-0.05, 0) is 30.7 Å². The first-order valence-electron chi connectivity index (χ1n) is 3.88. The minimum Gasteiger partial charge on any atom is -0.399 e. The van der Waals surface area contributed by atoms with E-state index in [0.717, 1.165) is 16.1 Å². The topological polar surface area (TPSA) is 52.3 Å². The van der Waals surface area contributed by atoms with E-state index in [2.05, 4.69) is 0 Å². The van der Waals surface area contributed by atoms with E-state index in [0.29, 0.717) is 0 Å². The van der Waals surface area contributed by atoms with Gasteiger partial charge in [-0.3, -0.25) is 4.21 Å². The normalized spacial score (nSPS) is 12.8. The first kappa shape index (κ1) is 10.2. The van der Waals surface area contributed by atoms with Crippen molar-refractivity contribution in [2.75, 3.05) is 18.8 Å². The van der Waals surface area contributed by atoms with Gasteiger partial charge in [0.2, 0.25) is 0 Å². The van der Waals surface area contributed by atoms with Gasteiger partial charge in [0.25, 0.3) is 0 Å². The smallest absolute Gasteiger partial charge is 0.126 e. The Morgan fingerprint density at radius 1 is 1.54 bits per heavy atom. The molecule has 2 N–H and O–H groups in total. The molecule has 0 heterocycles. The van der Waals surface area contributed by atoms with Crippen LogP contribution in [0, 0.1) is 6.92 Å². The molecule has 0 aliphatic heterocycles. The molecule has 1 rings (SSSR count). The van der Waals surface area contributed by atoms with E-state index in [1.165, 1.54) is 7.11 Å². The summed E-state index contributed by atoms with van der Waals surface area (Å²) in [5.74, 6) is 0.226. The van der Waals surface area contributed by atoms with Crippen LogP contribution in [-0.4, -0.2) is 17.3 Å². The number of ether oxygens (including phenoxy) is 1. The molecular weight excluding hydrogens is 186 g/mol. The van der Waals surface area contributed by atoms with Gasteiger partial charge in [0.15, 0.2) is 0 Å². The Labute approximate surface area is 80.4 Å². The van der Waals surface area contributed by atoms with Crippen molar-refractivity contribution in [3.8, 4) is 0 Å². The third kappa shape index (κ3) is 2.54. The van der Waals surface area contributed by atoms with Gasteiger partial charge in [-0.15, -0.1) is 0 Å². The van der Waals surface area contributed by atoms with Crippen molar-refractivity contribution in [2.24, 2.45) is 0 Å². The average molecular weight is 199 g/mol. The minimum absolute atomic E-state index is 0.226. The molecule has 1 atom stereocenters. The first-order chi connectivity index (χ1) is 6.15. The highest BCUT2D eigenvalue weighted by Gasteiger charge is 2.03. The molecule has 13 heavy (non-hydrogen) atoms. The lowest BCUT2D eigenvalue weighted by Gasteiger charge is -2.04. The third-order valence-corrected chi connectivity index (χ3v) is 2.96. The molecule has 1 unspecified atom stereocenters. The Hall–Kier alpha value is -0.870. The number of methoxy groups -OCH3 is 1. The second kappa shape index (κ2) is 4.39. The second-order valence-corrected chi connectivity index (χ2v) is 4.17. The van der Waals surface area contributed by atoms with Gasteiger partial charge in [-0.2, -0.15) is 0 Å². The average Bonchev–Trinajstić information content (AvgIpc) is 2.10. The van der Waals surface area contributed by atoms with E-state index in [4.69, 9.17) is 10.5 Å². The molecule has 0 fully saturated rings. The number of nitrogen functional groups attached to an aromatic ring is 1. The summed E-state index contributed by atoms with van der Waals surface area (Å²) in [6, 6.07) is 5.35. The number of hydrogen-bond acceptors (Lipinski definition) is 3. The molecule has 0 aliphatic rings. The highest BCUT2D eigenvalue weighted by Crippen LogP contribution is 2.15. The van der Waals surface area contributed by atoms with E-state index in [1.807, 2.05) is 13.0 Å². The predicted molar refractivity (Wildman–Crippen MR) is 53.9 cm³/mol. The van der Waals surface area contributed by atoms with Crippen LogP contribution in [0.25, 0.3) is 0 Å². The molecule has 0 saturated heterocycles. The Balaban J connectivity index is 2.90. The standard InChI is InChI=1S/C9H13NO2S/c1-7-5-8(3-4-9(7)10)13(11)6-12-2/h3-5H,6,10H2,1-2H3. The van der Waals surface area contributed by atoms with Gasteiger partial charge >= 0.3 is 0 Å². The van der Waals surface area contributed by atoms with Crippen molar-refractivity contribution < 1.29 is 8.95 Å². The number of rotatable bonds is 3. The van der Waals surface area contributed by atoms with Crippen LogP contribution in [0.15, 0.2) is 23.1 Å². The van der Waals surface area contributed by atoms with Crippen LogP contribution in [0.5, 0.6) is 0 Å². The number of benzene rings is 1. The lowest BCUT2D eigenvalue weighted by atomic mass is 10.2. The minimum atomic E-state index is -1.08. The van der Waals surface area contributed by atoms with Crippen molar-refractivity contribution >= 4 is 16.5 Å². The summed E-state index contributed by atoms with van der Waals surface area (Å²) < 4.78 is 16.3. The van der Waals surface area contributed by atoms with Crippen molar-refractivity contribution in [2.45, 2.75) is 11.8 Å². The van der Waals surface area contributed by atoms with Crippen LogP contribution < -0.4 is 5.73 Å². The number of anilines is 1. The third-order valence-electron chi connectivity index (χ3n) is 1.73. The summed E-state index contributed by atoms with van der Waals surface area (Å²) in [4.78, 5) is 0.758. The fourth-order valence-electron chi connectivity index (χ4n) is 0.965. The molecular formula is C9H13NO2S. The summed E-state index contributed by atoms with van der Waals surface area (Å²) in [5.41, 5.74) is 7.30. The Kier molecular flexibility index (Phi) is 3.45. The Morgan fingerprint density at radius 3 is 2.77 bits per heavy atom. The van der Waals surface area contributed by atoms with Crippen LogP contribution in [-0.2, 0) is 15.5 Å². The lowest BCUT2D eigenvalue weighted by Crippen LogP contribution is -2.00. The van der Waals surface area contributed by atoms with Gasteiger partial charge < -0.3 is 10.5 Å². The SMILES string of the molecule is COCS(=O)c1ccc(N)c(C)c1. The van der Waals surface area contributed by atoms with E-state index < -0.39 is 10.8 Å². The molecule has 0 aliphatic carbocycles. The van der Waals surface area contributed by atoms with Crippen LogP contribution in [0.2, 0.25) is 0 Å². The highest BCUT2D eigenvalue weighted by molar-refractivity contribution is 7.84. The highest BCUT2D eigenvalue weighted by atomic mass is 32.2. The molecule has 1 aromatic rings. The second-order valence-electron chi connectivity index (χ2n) is 2.77. The largest absolute Gasteiger partial charge is 0.399 e. The van der Waals surface area contributed by atoms with Crippen molar-refractivity contribution in [3.63, 3.8) is 0 Å². The van der Waals surface area contributed by atoms with E-state index >= 15 is 0 Å². The number of aryl methyl sites for hydroxylation is 1. The number of nitrogens with two attached hydrogens (primary N) is 1. The van der Waals surface area contributed by atoms with Crippen molar-refractivity contribution in [3.05, 3.63) is 23.8 Å². The summed E-state index contributed by atoms with van der Waals surface area (Å²) in [6.45, 7) is 1.89. The van der Waals surface area contributed by atoms with Gasteiger partial charge in [0.05, 0.1) is 10.8 Å². The van der Waals surface area contributed by atoms with Gasteiger partial charge in [-0.25, -0.2) is 0 Å². The molecule has 4 heteroatoms. The summed E-state index contributed by atoms with van der Waals surface area (Å²) in [6.07, 6.45) is 0. The zero-order valence-electron chi connectivity index (χ0n) is 7.74. The van der Waals surface area contributed by atoms with Gasteiger partial charge in [-0.1, -0.05) is 0 Å². The molecule has 0 radical (unpaired) electrons. The molecule has 0 aromatic heterocycles. The first-order valence-corrected chi connectivity index (χ1v) is 5.20. The maximum atomic E-state index is 11.5. The monoisotopic (exact) mass is 199 g/mol. The quantitative estimate of drug-likeness (QED) is 0.746. The predicted octanol–water partition coefficient (Wildman–Crippen LogP) is 1.29. The maximum Gasteiger partial charge on any atom is 0.126 e. The zero-order chi connectivity index (χ0) is 9.84.